The maximum absolute atomic E-state index is 13.1. The van der Waals surface area contributed by atoms with Gasteiger partial charge in [-0.2, -0.15) is 9.57 Å². The first-order valence-corrected chi connectivity index (χ1v) is 11.4. The molecule has 2 aromatic carbocycles. The monoisotopic (exact) mass is 427 g/mol. The molecule has 0 radical (unpaired) electrons. The molecule has 1 atom stereocenters. The number of carbonyl (C=O) groups excluding carboxylic acids is 1. The number of anilines is 1. The van der Waals surface area contributed by atoms with Crippen LogP contribution in [-0.2, 0) is 20.2 Å². The van der Waals surface area contributed by atoms with Gasteiger partial charge in [0.15, 0.2) is 0 Å². The van der Waals surface area contributed by atoms with Crippen LogP contribution < -0.4 is 5.32 Å². The van der Waals surface area contributed by atoms with Crippen LogP contribution in [0.1, 0.15) is 31.2 Å². The molecule has 2 aliphatic rings. The Morgan fingerprint density at radius 3 is 2.40 bits per heavy atom. The third kappa shape index (κ3) is 3.95. The van der Waals surface area contributed by atoms with Crippen molar-refractivity contribution >= 4 is 21.6 Å². The van der Waals surface area contributed by atoms with Gasteiger partial charge in [0.1, 0.15) is 5.82 Å². The van der Waals surface area contributed by atoms with E-state index in [-0.39, 0.29) is 22.8 Å². The molecule has 1 aliphatic heterocycles. The molecule has 0 spiro atoms. The zero-order valence-electron chi connectivity index (χ0n) is 16.3. The molecule has 0 unspecified atom stereocenters. The SMILES string of the molecule is N#CC1(c2ccc(NC(=O)[C@H]3CCCN(S(=O)(=O)c4ccc(F)cc4)C3)cc2)CC1. The number of nitrogens with one attached hydrogen (secondary N) is 1. The van der Waals surface area contributed by atoms with Gasteiger partial charge in [-0.05, 0) is 67.6 Å². The lowest BCUT2D eigenvalue weighted by molar-refractivity contribution is -0.120. The third-order valence-corrected chi connectivity index (χ3v) is 7.75. The Hall–Kier alpha value is -2.76. The number of sulfonamides is 1. The molecule has 2 fully saturated rings. The van der Waals surface area contributed by atoms with Crippen LogP contribution in [-0.4, -0.2) is 31.7 Å². The summed E-state index contributed by atoms with van der Waals surface area (Å²) in [6.45, 7) is 0.412. The van der Waals surface area contributed by atoms with Crippen LogP contribution in [0.15, 0.2) is 53.4 Å². The fraction of sp³-hybridized carbons (Fsp3) is 0.364. The lowest BCUT2D eigenvalue weighted by Crippen LogP contribution is -2.43. The molecular weight excluding hydrogens is 405 g/mol. The molecule has 1 saturated heterocycles. The number of hydrogen-bond donors (Lipinski definition) is 1. The van der Waals surface area contributed by atoms with Gasteiger partial charge in [-0.25, -0.2) is 12.8 Å². The number of halogens is 1. The highest BCUT2D eigenvalue weighted by Crippen LogP contribution is 2.47. The average molecular weight is 428 g/mol. The first-order valence-electron chi connectivity index (χ1n) is 9.92. The predicted octanol–water partition coefficient (Wildman–Crippen LogP) is 3.42. The minimum absolute atomic E-state index is 0.0204. The summed E-state index contributed by atoms with van der Waals surface area (Å²) in [4.78, 5) is 12.8. The van der Waals surface area contributed by atoms with Gasteiger partial charge in [0, 0.05) is 18.8 Å². The van der Waals surface area contributed by atoms with Crippen LogP contribution in [0.4, 0.5) is 10.1 Å². The Bertz CT molecular complexity index is 1090. The van der Waals surface area contributed by atoms with Crippen LogP contribution in [0.3, 0.4) is 0 Å². The van der Waals surface area contributed by atoms with Crippen LogP contribution >= 0.6 is 0 Å². The first-order chi connectivity index (χ1) is 14.3. The zero-order chi connectivity index (χ0) is 21.4. The van der Waals surface area contributed by atoms with Gasteiger partial charge in [-0.3, -0.25) is 4.79 Å². The van der Waals surface area contributed by atoms with Gasteiger partial charge < -0.3 is 5.32 Å². The second kappa shape index (κ2) is 7.82. The summed E-state index contributed by atoms with van der Waals surface area (Å²) >= 11 is 0. The van der Waals surface area contributed by atoms with Crippen molar-refractivity contribution in [2.75, 3.05) is 18.4 Å². The van der Waals surface area contributed by atoms with Crippen molar-refractivity contribution in [2.24, 2.45) is 5.92 Å². The number of hydrogen-bond acceptors (Lipinski definition) is 4. The van der Waals surface area contributed by atoms with Gasteiger partial charge in [-0.1, -0.05) is 12.1 Å². The Labute approximate surface area is 175 Å². The maximum atomic E-state index is 13.1. The van der Waals surface area contributed by atoms with Crippen molar-refractivity contribution in [3.8, 4) is 6.07 Å². The van der Waals surface area contributed by atoms with E-state index in [0.717, 1.165) is 30.5 Å². The molecule has 1 aliphatic carbocycles. The molecule has 1 N–H and O–H groups in total. The highest BCUT2D eigenvalue weighted by Gasteiger charge is 2.44. The number of nitriles is 1. The van der Waals surface area contributed by atoms with Crippen molar-refractivity contribution in [3.05, 3.63) is 59.9 Å². The number of nitrogens with zero attached hydrogens (tertiary/aromatic N) is 2. The Balaban J connectivity index is 1.42. The van der Waals surface area contributed by atoms with Crippen LogP contribution in [0.5, 0.6) is 0 Å². The zero-order valence-corrected chi connectivity index (χ0v) is 17.2. The standard InChI is InChI=1S/C22H22FN3O3S/c23-18-5-9-20(10-6-18)30(28,29)26-13-1-2-16(14-26)21(27)25-19-7-3-17(4-8-19)22(15-24)11-12-22/h3-10,16H,1-2,11-14H2,(H,25,27)/t16-/m0/s1. The molecule has 0 aromatic heterocycles. The highest BCUT2D eigenvalue weighted by molar-refractivity contribution is 7.89. The molecule has 1 saturated carbocycles. The first kappa shape index (κ1) is 20.5. The topological polar surface area (TPSA) is 90.3 Å². The molecule has 0 bridgehead atoms. The summed E-state index contributed by atoms with van der Waals surface area (Å²) in [5.41, 5.74) is 1.20. The summed E-state index contributed by atoms with van der Waals surface area (Å²) in [6.07, 6.45) is 2.88. The number of amides is 1. The number of carbonyl (C=O) groups is 1. The Morgan fingerprint density at radius 2 is 1.80 bits per heavy atom. The molecule has 156 valence electrons. The van der Waals surface area contributed by atoms with E-state index in [1.165, 1.54) is 16.4 Å². The Kier molecular flexibility index (Phi) is 5.35. The fourth-order valence-corrected chi connectivity index (χ4v) is 5.36. The van der Waals surface area contributed by atoms with Gasteiger partial charge in [-0.15, -0.1) is 0 Å². The summed E-state index contributed by atoms with van der Waals surface area (Å²) in [5, 5.41) is 12.1. The lowest BCUT2D eigenvalue weighted by Gasteiger charge is -2.31. The second-order valence-electron chi connectivity index (χ2n) is 7.92. The fourth-order valence-electron chi connectivity index (χ4n) is 3.84. The van der Waals surface area contributed by atoms with Crippen molar-refractivity contribution in [1.82, 2.24) is 4.31 Å². The van der Waals surface area contributed by atoms with Gasteiger partial charge in [0.05, 0.1) is 22.3 Å². The van der Waals surface area contributed by atoms with Crippen LogP contribution in [0.25, 0.3) is 0 Å². The van der Waals surface area contributed by atoms with E-state index < -0.39 is 21.8 Å². The second-order valence-corrected chi connectivity index (χ2v) is 9.85. The summed E-state index contributed by atoms with van der Waals surface area (Å²) in [7, 11) is -3.78. The van der Waals surface area contributed by atoms with E-state index in [2.05, 4.69) is 11.4 Å². The number of rotatable bonds is 5. The minimum atomic E-state index is -3.78. The minimum Gasteiger partial charge on any atom is -0.326 e. The van der Waals surface area contributed by atoms with E-state index in [1.807, 2.05) is 12.1 Å². The lowest BCUT2D eigenvalue weighted by atomic mass is 9.97. The molecule has 2 aromatic rings. The molecule has 30 heavy (non-hydrogen) atoms. The summed E-state index contributed by atoms with van der Waals surface area (Å²) in [5.74, 6) is -1.20. The third-order valence-electron chi connectivity index (χ3n) is 5.88. The molecule has 8 heteroatoms. The summed E-state index contributed by atoms with van der Waals surface area (Å²) < 4.78 is 40.1. The number of piperidine rings is 1. The Morgan fingerprint density at radius 1 is 1.13 bits per heavy atom. The number of benzene rings is 2. The van der Waals surface area contributed by atoms with Crippen molar-refractivity contribution < 1.29 is 17.6 Å². The smallest absolute Gasteiger partial charge is 0.243 e. The molecule has 6 nitrogen and oxygen atoms in total. The van der Waals surface area contributed by atoms with E-state index in [0.29, 0.717) is 25.1 Å². The predicted molar refractivity (Wildman–Crippen MR) is 109 cm³/mol. The van der Waals surface area contributed by atoms with Crippen molar-refractivity contribution in [3.63, 3.8) is 0 Å². The van der Waals surface area contributed by atoms with Crippen LogP contribution in [0.2, 0.25) is 0 Å². The van der Waals surface area contributed by atoms with E-state index in [1.54, 1.807) is 12.1 Å². The largest absolute Gasteiger partial charge is 0.326 e. The van der Waals surface area contributed by atoms with Crippen molar-refractivity contribution in [1.29, 1.82) is 5.26 Å². The molecule has 1 heterocycles. The van der Waals surface area contributed by atoms with Gasteiger partial charge in [0.2, 0.25) is 15.9 Å². The van der Waals surface area contributed by atoms with Gasteiger partial charge >= 0.3 is 0 Å². The maximum Gasteiger partial charge on any atom is 0.243 e. The average Bonchev–Trinajstić information content (AvgIpc) is 3.56. The van der Waals surface area contributed by atoms with Crippen molar-refractivity contribution in [2.45, 2.75) is 36.0 Å². The molecular formula is C22H22FN3O3S. The quantitative estimate of drug-likeness (QED) is 0.792. The van der Waals surface area contributed by atoms with Crippen LogP contribution in [0, 0.1) is 23.1 Å². The molecule has 4 rings (SSSR count). The highest BCUT2D eigenvalue weighted by atomic mass is 32.2. The van der Waals surface area contributed by atoms with E-state index >= 15 is 0 Å². The van der Waals surface area contributed by atoms with Gasteiger partial charge in [0.25, 0.3) is 0 Å². The normalized spacial score (nSPS) is 20.9. The van der Waals surface area contributed by atoms with E-state index in [4.69, 9.17) is 0 Å². The summed E-state index contributed by atoms with van der Waals surface area (Å²) in [6, 6.07) is 14.3. The van der Waals surface area contributed by atoms with E-state index in [9.17, 15) is 22.9 Å². The molecule has 1 amide bonds.